The van der Waals surface area contributed by atoms with E-state index in [1.807, 2.05) is 24.3 Å². The van der Waals surface area contributed by atoms with Crippen molar-refractivity contribution in [3.05, 3.63) is 47.7 Å². The Kier molecular flexibility index (Phi) is 4.79. The zero-order valence-electron chi connectivity index (χ0n) is 8.53. The second kappa shape index (κ2) is 6.22. The van der Waals surface area contributed by atoms with Crippen LogP contribution in [-0.4, -0.2) is 11.7 Å². The van der Waals surface area contributed by atoms with Crippen molar-refractivity contribution in [1.29, 1.82) is 0 Å². The Morgan fingerprint density at radius 3 is 2.64 bits per heavy atom. The first-order chi connectivity index (χ1) is 6.86. The van der Waals surface area contributed by atoms with E-state index in [2.05, 4.69) is 24.4 Å². The van der Waals surface area contributed by atoms with Gasteiger partial charge in [-0.1, -0.05) is 43.3 Å². The molecule has 0 aromatic heterocycles. The van der Waals surface area contributed by atoms with Crippen molar-refractivity contribution < 1.29 is 5.11 Å². The highest BCUT2D eigenvalue weighted by Crippen LogP contribution is 1.99. The van der Waals surface area contributed by atoms with Crippen molar-refractivity contribution in [2.45, 2.75) is 19.9 Å². The first kappa shape index (κ1) is 10.8. The summed E-state index contributed by atoms with van der Waals surface area (Å²) in [7, 11) is 0. The molecule has 0 fully saturated rings. The third kappa shape index (κ3) is 3.62. The zero-order chi connectivity index (χ0) is 10.2. The van der Waals surface area contributed by atoms with Crippen LogP contribution in [0.25, 0.3) is 0 Å². The van der Waals surface area contributed by atoms with Gasteiger partial charge >= 0.3 is 0 Å². The van der Waals surface area contributed by atoms with Gasteiger partial charge in [-0.3, -0.25) is 0 Å². The molecule has 0 aliphatic carbocycles. The molecule has 14 heavy (non-hydrogen) atoms. The lowest BCUT2D eigenvalue weighted by molar-refractivity contribution is 0.320. The Bertz CT molecular complexity index is 280. The normalized spacial score (nSPS) is 11.4. The molecule has 0 atom stereocenters. The first-order valence-corrected chi connectivity index (χ1v) is 4.94. The number of benzene rings is 1. The Morgan fingerprint density at radius 1 is 1.36 bits per heavy atom. The third-order valence-electron chi connectivity index (χ3n) is 1.98. The highest BCUT2D eigenvalue weighted by atomic mass is 16.3. The molecule has 0 radical (unpaired) electrons. The molecule has 2 N–H and O–H groups in total. The monoisotopic (exact) mass is 191 g/mol. The van der Waals surface area contributed by atoms with Crippen LogP contribution in [-0.2, 0) is 6.54 Å². The van der Waals surface area contributed by atoms with Crippen LogP contribution in [0.15, 0.2) is 42.1 Å². The summed E-state index contributed by atoms with van der Waals surface area (Å²) >= 11 is 0. The number of aliphatic hydroxyl groups excluding tert-OH is 1. The average Bonchev–Trinajstić information content (AvgIpc) is 2.25. The van der Waals surface area contributed by atoms with Crippen LogP contribution in [0.1, 0.15) is 18.9 Å². The number of nitrogens with one attached hydrogen (secondary N) is 1. The van der Waals surface area contributed by atoms with E-state index < -0.39 is 0 Å². The lowest BCUT2D eigenvalue weighted by Gasteiger charge is -2.08. The molecule has 2 heteroatoms. The summed E-state index contributed by atoms with van der Waals surface area (Å²) in [6, 6.07) is 10.2. The fraction of sp³-hybridized carbons (Fsp3) is 0.333. The molecule has 0 aliphatic rings. The van der Waals surface area contributed by atoms with E-state index in [4.69, 9.17) is 5.11 Å². The van der Waals surface area contributed by atoms with Crippen molar-refractivity contribution >= 4 is 0 Å². The third-order valence-corrected chi connectivity index (χ3v) is 1.98. The van der Waals surface area contributed by atoms with Gasteiger partial charge in [-0.05, 0) is 12.0 Å². The van der Waals surface area contributed by atoms with Gasteiger partial charge in [0.1, 0.15) is 0 Å². The van der Waals surface area contributed by atoms with Gasteiger partial charge in [-0.25, -0.2) is 0 Å². The molecule has 0 aliphatic heterocycles. The standard InChI is InChI=1S/C12H17NO/c1-2-6-12(10-14)13-9-11-7-4-3-5-8-11/h3-8,13-14H,2,9-10H2,1H3/b12-6+. The fourth-order valence-corrected chi connectivity index (χ4v) is 1.25. The molecular weight excluding hydrogens is 174 g/mol. The van der Waals surface area contributed by atoms with Crippen LogP contribution in [0.3, 0.4) is 0 Å². The summed E-state index contributed by atoms with van der Waals surface area (Å²) in [6.07, 6.45) is 2.95. The molecule has 0 saturated heterocycles. The van der Waals surface area contributed by atoms with Crippen LogP contribution in [0.2, 0.25) is 0 Å². The van der Waals surface area contributed by atoms with Gasteiger partial charge in [0.25, 0.3) is 0 Å². The van der Waals surface area contributed by atoms with E-state index in [0.29, 0.717) is 0 Å². The topological polar surface area (TPSA) is 32.3 Å². The quantitative estimate of drug-likeness (QED) is 0.746. The first-order valence-electron chi connectivity index (χ1n) is 4.94. The van der Waals surface area contributed by atoms with Crippen molar-refractivity contribution in [3.8, 4) is 0 Å². The van der Waals surface area contributed by atoms with E-state index in [1.165, 1.54) is 5.56 Å². The van der Waals surface area contributed by atoms with E-state index in [1.54, 1.807) is 0 Å². The molecule has 0 saturated carbocycles. The summed E-state index contributed by atoms with van der Waals surface area (Å²) in [5, 5.41) is 12.2. The Morgan fingerprint density at radius 2 is 2.07 bits per heavy atom. The maximum Gasteiger partial charge on any atom is 0.0824 e. The van der Waals surface area contributed by atoms with Gasteiger partial charge < -0.3 is 10.4 Å². The van der Waals surface area contributed by atoms with Crippen molar-refractivity contribution in [2.24, 2.45) is 0 Å². The van der Waals surface area contributed by atoms with Crippen LogP contribution in [0.5, 0.6) is 0 Å². The summed E-state index contributed by atoms with van der Waals surface area (Å²) in [6.45, 7) is 2.91. The minimum atomic E-state index is 0.0840. The molecule has 1 aromatic carbocycles. The molecule has 0 spiro atoms. The molecular formula is C12H17NO. The Labute approximate surface area is 85.3 Å². The van der Waals surface area contributed by atoms with Crippen molar-refractivity contribution in [3.63, 3.8) is 0 Å². The van der Waals surface area contributed by atoms with Crippen molar-refractivity contribution in [1.82, 2.24) is 5.32 Å². The Hall–Kier alpha value is -1.28. The van der Waals surface area contributed by atoms with Crippen LogP contribution in [0.4, 0.5) is 0 Å². The van der Waals surface area contributed by atoms with E-state index in [0.717, 1.165) is 18.7 Å². The average molecular weight is 191 g/mol. The maximum absolute atomic E-state index is 9.00. The molecule has 1 aromatic rings. The number of allylic oxidation sites excluding steroid dienone is 1. The minimum absolute atomic E-state index is 0.0840. The fourth-order valence-electron chi connectivity index (χ4n) is 1.25. The summed E-state index contributed by atoms with van der Waals surface area (Å²) in [5.74, 6) is 0. The number of hydrogen-bond acceptors (Lipinski definition) is 2. The molecule has 0 bridgehead atoms. The van der Waals surface area contributed by atoms with Gasteiger partial charge in [0.15, 0.2) is 0 Å². The molecule has 0 heterocycles. The molecule has 2 nitrogen and oxygen atoms in total. The summed E-state index contributed by atoms with van der Waals surface area (Å²) in [5.41, 5.74) is 2.12. The second-order valence-corrected chi connectivity index (χ2v) is 3.13. The molecule has 0 amide bonds. The van der Waals surface area contributed by atoms with Gasteiger partial charge in [0.05, 0.1) is 6.61 Å². The number of hydrogen-bond donors (Lipinski definition) is 2. The van der Waals surface area contributed by atoms with Crippen molar-refractivity contribution in [2.75, 3.05) is 6.61 Å². The van der Waals surface area contributed by atoms with Gasteiger partial charge in [-0.2, -0.15) is 0 Å². The highest BCUT2D eigenvalue weighted by molar-refractivity contribution is 5.15. The largest absolute Gasteiger partial charge is 0.390 e. The second-order valence-electron chi connectivity index (χ2n) is 3.13. The number of aliphatic hydroxyl groups is 1. The number of rotatable bonds is 5. The lowest BCUT2D eigenvalue weighted by Crippen LogP contribution is -2.15. The summed E-state index contributed by atoms with van der Waals surface area (Å²) < 4.78 is 0. The predicted octanol–water partition coefficient (Wildman–Crippen LogP) is 2.06. The Balaban J connectivity index is 2.44. The van der Waals surface area contributed by atoms with Crippen LogP contribution < -0.4 is 5.32 Å². The molecule has 1 rings (SSSR count). The van der Waals surface area contributed by atoms with Gasteiger partial charge in [0, 0.05) is 12.2 Å². The molecule has 76 valence electrons. The lowest BCUT2D eigenvalue weighted by atomic mass is 10.2. The molecule has 0 unspecified atom stereocenters. The van der Waals surface area contributed by atoms with Gasteiger partial charge in [-0.15, -0.1) is 0 Å². The smallest absolute Gasteiger partial charge is 0.0824 e. The SMILES string of the molecule is CC/C=C(\CO)NCc1ccccc1. The highest BCUT2D eigenvalue weighted by Gasteiger charge is 1.94. The van der Waals surface area contributed by atoms with E-state index in [9.17, 15) is 0 Å². The van der Waals surface area contributed by atoms with E-state index in [-0.39, 0.29) is 6.61 Å². The van der Waals surface area contributed by atoms with Crippen LogP contribution >= 0.6 is 0 Å². The summed E-state index contributed by atoms with van der Waals surface area (Å²) in [4.78, 5) is 0. The maximum atomic E-state index is 9.00. The minimum Gasteiger partial charge on any atom is -0.390 e. The van der Waals surface area contributed by atoms with E-state index >= 15 is 0 Å². The van der Waals surface area contributed by atoms with Crippen LogP contribution in [0, 0.1) is 0 Å². The zero-order valence-corrected chi connectivity index (χ0v) is 8.53. The van der Waals surface area contributed by atoms with Gasteiger partial charge in [0.2, 0.25) is 0 Å². The predicted molar refractivity (Wildman–Crippen MR) is 58.7 cm³/mol.